The van der Waals surface area contributed by atoms with Gasteiger partial charge in [-0.1, -0.05) is 0 Å². The van der Waals surface area contributed by atoms with Crippen LogP contribution < -0.4 is 0 Å². The van der Waals surface area contributed by atoms with Crippen LogP contribution in [0.4, 0.5) is 0 Å². The van der Waals surface area contributed by atoms with Gasteiger partial charge in [0.1, 0.15) is 0 Å². The van der Waals surface area contributed by atoms with Gasteiger partial charge in [-0.15, -0.1) is 0 Å². The predicted molar refractivity (Wildman–Crippen MR) is 104 cm³/mol. The van der Waals surface area contributed by atoms with Gasteiger partial charge in [0.05, 0.1) is 54.1 Å². The van der Waals surface area contributed by atoms with Crippen molar-refractivity contribution in [1.29, 1.82) is 0 Å². The zero-order valence-corrected chi connectivity index (χ0v) is 17.9. The average Bonchev–Trinajstić information content (AvgIpc) is 2.74. The molecule has 0 saturated carbocycles. The number of ether oxygens (including phenoxy) is 4. The van der Waals surface area contributed by atoms with Gasteiger partial charge in [-0.2, -0.15) is 0 Å². The molecular formula is C19H34N2O8. The lowest BCUT2D eigenvalue weighted by Crippen LogP contribution is -2.35. The Morgan fingerprint density at radius 2 is 0.724 bits per heavy atom. The molecule has 0 aliphatic heterocycles. The molecule has 0 saturated heterocycles. The van der Waals surface area contributed by atoms with E-state index in [0.29, 0.717) is 39.3 Å². The highest BCUT2D eigenvalue weighted by molar-refractivity contribution is 5.70. The standard InChI is InChI=1S/C19H34N2O8/c1-26-16(22)6-12-20(13-7-17(23)27-2)10-5-11-21(14-8-18(24)28-3)15-9-19(25)29-4/h5-15H2,1-4H3. The van der Waals surface area contributed by atoms with Crippen LogP contribution in [-0.2, 0) is 38.1 Å². The highest BCUT2D eigenvalue weighted by Crippen LogP contribution is 2.03. The molecule has 0 fully saturated rings. The first-order chi connectivity index (χ1) is 13.9. The molecule has 10 nitrogen and oxygen atoms in total. The first-order valence-corrected chi connectivity index (χ1v) is 9.58. The van der Waals surface area contributed by atoms with Crippen LogP contribution in [0.2, 0.25) is 0 Å². The first-order valence-electron chi connectivity index (χ1n) is 9.58. The Labute approximate surface area is 172 Å². The lowest BCUT2D eigenvalue weighted by atomic mass is 10.2. The summed E-state index contributed by atoms with van der Waals surface area (Å²) in [7, 11) is 5.34. The normalized spacial score (nSPS) is 10.7. The maximum absolute atomic E-state index is 11.4. The Morgan fingerprint density at radius 1 is 0.483 bits per heavy atom. The third kappa shape index (κ3) is 14.5. The second kappa shape index (κ2) is 16.7. The van der Waals surface area contributed by atoms with Crippen molar-refractivity contribution < 1.29 is 38.1 Å². The fourth-order valence-electron chi connectivity index (χ4n) is 2.59. The SMILES string of the molecule is COC(=O)CCN(CCCN(CCC(=O)OC)CCC(=O)OC)CCC(=O)OC. The summed E-state index contributed by atoms with van der Waals surface area (Å²) in [5.74, 6) is -1.26. The molecule has 0 spiro atoms. The Hall–Kier alpha value is -2.20. The molecule has 0 aliphatic rings. The van der Waals surface area contributed by atoms with Crippen LogP contribution in [0.15, 0.2) is 0 Å². The van der Waals surface area contributed by atoms with E-state index in [0.717, 1.165) is 6.42 Å². The van der Waals surface area contributed by atoms with Crippen molar-refractivity contribution in [3.63, 3.8) is 0 Å². The van der Waals surface area contributed by atoms with Gasteiger partial charge < -0.3 is 28.7 Å². The van der Waals surface area contributed by atoms with Gasteiger partial charge in [0.15, 0.2) is 0 Å². The molecule has 0 N–H and O–H groups in total. The van der Waals surface area contributed by atoms with Crippen LogP contribution in [0.5, 0.6) is 0 Å². The molecule has 168 valence electrons. The lowest BCUT2D eigenvalue weighted by Gasteiger charge is -2.25. The van der Waals surface area contributed by atoms with Gasteiger partial charge in [0.25, 0.3) is 0 Å². The zero-order chi connectivity index (χ0) is 22.1. The average molecular weight is 418 g/mol. The summed E-state index contributed by atoms with van der Waals surface area (Å²) in [5, 5.41) is 0. The number of methoxy groups -OCH3 is 4. The van der Waals surface area contributed by atoms with Crippen LogP contribution in [0, 0.1) is 0 Å². The van der Waals surface area contributed by atoms with Crippen LogP contribution in [0.25, 0.3) is 0 Å². The van der Waals surface area contributed by atoms with E-state index >= 15 is 0 Å². The molecule has 0 atom stereocenters. The van der Waals surface area contributed by atoms with Crippen molar-refractivity contribution in [2.45, 2.75) is 32.1 Å². The minimum absolute atomic E-state index is 0.228. The highest BCUT2D eigenvalue weighted by atomic mass is 16.5. The quantitative estimate of drug-likeness (QED) is 0.255. The van der Waals surface area contributed by atoms with Crippen LogP contribution >= 0.6 is 0 Å². The van der Waals surface area contributed by atoms with E-state index in [1.54, 1.807) is 0 Å². The van der Waals surface area contributed by atoms with E-state index < -0.39 is 0 Å². The van der Waals surface area contributed by atoms with Crippen molar-refractivity contribution in [3.8, 4) is 0 Å². The van der Waals surface area contributed by atoms with Crippen LogP contribution in [0.3, 0.4) is 0 Å². The second-order valence-corrected chi connectivity index (χ2v) is 6.34. The largest absolute Gasteiger partial charge is 0.469 e. The van der Waals surface area contributed by atoms with Crippen molar-refractivity contribution in [1.82, 2.24) is 9.80 Å². The van der Waals surface area contributed by atoms with Gasteiger partial charge in [0, 0.05) is 26.2 Å². The van der Waals surface area contributed by atoms with Gasteiger partial charge in [-0.05, 0) is 19.5 Å². The van der Waals surface area contributed by atoms with Gasteiger partial charge in [0.2, 0.25) is 0 Å². The highest BCUT2D eigenvalue weighted by Gasteiger charge is 2.14. The Bertz CT molecular complexity index is 428. The molecule has 0 unspecified atom stereocenters. The van der Waals surface area contributed by atoms with Crippen molar-refractivity contribution in [2.24, 2.45) is 0 Å². The Kier molecular flexibility index (Phi) is 15.5. The summed E-state index contributed by atoms with van der Waals surface area (Å²) in [5.41, 5.74) is 0. The summed E-state index contributed by atoms with van der Waals surface area (Å²) in [6.45, 7) is 3.14. The Morgan fingerprint density at radius 3 is 0.931 bits per heavy atom. The van der Waals surface area contributed by atoms with Crippen LogP contribution in [0.1, 0.15) is 32.1 Å². The molecular weight excluding hydrogens is 384 g/mol. The number of carbonyl (C=O) groups is 4. The molecule has 29 heavy (non-hydrogen) atoms. The molecule has 0 aromatic heterocycles. The molecule has 0 aliphatic carbocycles. The minimum Gasteiger partial charge on any atom is -0.469 e. The lowest BCUT2D eigenvalue weighted by molar-refractivity contribution is -0.142. The minimum atomic E-state index is -0.314. The van der Waals surface area contributed by atoms with Crippen molar-refractivity contribution in [3.05, 3.63) is 0 Å². The third-order valence-corrected chi connectivity index (χ3v) is 4.39. The number of esters is 4. The number of nitrogens with zero attached hydrogens (tertiary/aromatic N) is 2. The molecule has 0 aromatic rings. The fourth-order valence-corrected chi connectivity index (χ4v) is 2.59. The fraction of sp³-hybridized carbons (Fsp3) is 0.789. The van der Waals surface area contributed by atoms with E-state index in [4.69, 9.17) is 0 Å². The smallest absolute Gasteiger partial charge is 0.306 e. The third-order valence-electron chi connectivity index (χ3n) is 4.39. The van der Waals surface area contributed by atoms with Crippen molar-refractivity contribution >= 4 is 23.9 Å². The maximum Gasteiger partial charge on any atom is 0.306 e. The summed E-state index contributed by atoms with van der Waals surface area (Å²) in [4.78, 5) is 49.6. The molecule has 0 amide bonds. The van der Waals surface area contributed by atoms with Crippen LogP contribution in [-0.4, -0.2) is 101 Å². The van der Waals surface area contributed by atoms with E-state index in [1.807, 2.05) is 9.80 Å². The predicted octanol–water partition coefficient (Wildman–Crippen LogP) is 0.233. The second-order valence-electron chi connectivity index (χ2n) is 6.34. The number of carbonyl (C=O) groups excluding carboxylic acids is 4. The zero-order valence-electron chi connectivity index (χ0n) is 17.9. The van der Waals surface area contributed by atoms with E-state index in [-0.39, 0.29) is 49.6 Å². The molecule has 10 heteroatoms. The Balaban J connectivity index is 4.62. The summed E-state index contributed by atoms with van der Waals surface area (Å²) in [6, 6.07) is 0. The van der Waals surface area contributed by atoms with E-state index in [2.05, 4.69) is 18.9 Å². The molecule has 0 bridgehead atoms. The number of hydrogen-bond acceptors (Lipinski definition) is 10. The summed E-state index contributed by atoms with van der Waals surface area (Å²) < 4.78 is 18.7. The van der Waals surface area contributed by atoms with E-state index in [9.17, 15) is 19.2 Å². The van der Waals surface area contributed by atoms with Gasteiger partial charge in [-0.25, -0.2) is 0 Å². The number of rotatable bonds is 16. The van der Waals surface area contributed by atoms with Crippen molar-refractivity contribution in [2.75, 3.05) is 67.7 Å². The monoisotopic (exact) mass is 418 g/mol. The molecule has 0 radical (unpaired) electrons. The maximum atomic E-state index is 11.4. The topological polar surface area (TPSA) is 112 Å². The van der Waals surface area contributed by atoms with Gasteiger partial charge in [-0.3, -0.25) is 19.2 Å². The molecule has 0 aromatic carbocycles. The molecule has 0 heterocycles. The van der Waals surface area contributed by atoms with E-state index in [1.165, 1.54) is 28.4 Å². The number of hydrogen-bond donors (Lipinski definition) is 0. The first kappa shape index (κ1) is 26.8. The van der Waals surface area contributed by atoms with Gasteiger partial charge >= 0.3 is 23.9 Å². The molecule has 0 rings (SSSR count). The summed E-state index contributed by atoms with van der Waals surface area (Å²) >= 11 is 0. The summed E-state index contributed by atoms with van der Waals surface area (Å²) in [6.07, 6.45) is 1.64.